The number of nitrogens with two attached hydrogens (primary N) is 1. The summed E-state index contributed by atoms with van der Waals surface area (Å²) in [5.74, 6) is 1.03. The Hall–Kier alpha value is -1.02. The van der Waals surface area contributed by atoms with Crippen LogP contribution in [0.3, 0.4) is 0 Å². The van der Waals surface area contributed by atoms with Crippen LogP contribution < -0.4 is 10.5 Å². The van der Waals surface area contributed by atoms with Crippen LogP contribution in [0.5, 0.6) is 5.75 Å². The number of hydrogen-bond donors (Lipinski definition) is 1. The van der Waals surface area contributed by atoms with Crippen LogP contribution in [0.2, 0.25) is 0 Å². The van der Waals surface area contributed by atoms with Crippen molar-refractivity contribution in [2.24, 2.45) is 5.73 Å². The van der Waals surface area contributed by atoms with Crippen molar-refractivity contribution in [2.45, 2.75) is 58.9 Å². The van der Waals surface area contributed by atoms with E-state index in [1.54, 1.807) is 0 Å². The monoisotopic (exact) mass is 249 g/mol. The zero-order valence-corrected chi connectivity index (χ0v) is 12.0. The third kappa shape index (κ3) is 5.09. The third-order valence-corrected chi connectivity index (χ3v) is 3.20. The summed E-state index contributed by atoms with van der Waals surface area (Å²) < 4.78 is 5.67. The lowest BCUT2D eigenvalue weighted by Gasteiger charge is -2.13. The van der Waals surface area contributed by atoms with Crippen molar-refractivity contribution in [3.63, 3.8) is 0 Å². The van der Waals surface area contributed by atoms with Crippen LogP contribution in [0.15, 0.2) is 18.2 Å². The van der Waals surface area contributed by atoms with Crippen LogP contribution in [0.25, 0.3) is 0 Å². The lowest BCUT2D eigenvalue weighted by molar-refractivity contribution is 0.336. The summed E-state index contributed by atoms with van der Waals surface area (Å²) in [6, 6.07) is 6.78. The van der Waals surface area contributed by atoms with E-state index in [0.717, 1.165) is 38.0 Å². The number of rotatable bonds is 8. The van der Waals surface area contributed by atoms with Crippen LogP contribution in [0.4, 0.5) is 0 Å². The number of benzene rings is 1. The predicted octanol–water partition coefficient (Wildman–Crippen LogP) is 3.84. The molecule has 1 aromatic rings. The first-order chi connectivity index (χ1) is 8.67. The van der Waals surface area contributed by atoms with Gasteiger partial charge in [0.1, 0.15) is 5.75 Å². The fraction of sp³-hybridized carbons (Fsp3) is 0.625. The first-order valence-electron chi connectivity index (χ1n) is 7.15. The number of ether oxygens (including phenoxy) is 1. The zero-order valence-electron chi connectivity index (χ0n) is 12.0. The standard InChI is InChI=1S/C16H27NO/c1-4-7-15(17)9-6-8-14-12-13(3)10-11-16(14)18-5-2/h10-12,15H,4-9,17H2,1-3H3. The molecule has 0 aliphatic rings. The highest BCUT2D eigenvalue weighted by molar-refractivity contribution is 5.37. The Labute approximate surface area is 112 Å². The van der Waals surface area contributed by atoms with Crippen molar-refractivity contribution in [1.82, 2.24) is 0 Å². The molecule has 0 saturated carbocycles. The SMILES string of the molecule is CCCC(N)CCCc1cc(C)ccc1OCC. The smallest absolute Gasteiger partial charge is 0.122 e. The largest absolute Gasteiger partial charge is 0.494 e. The summed E-state index contributed by atoms with van der Waals surface area (Å²) in [5, 5.41) is 0. The fourth-order valence-electron chi connectivity index (χ4n) is 2.27. The van der Waals surface area contributed by atoms with Crippen LogP contribution in [0, 0.1) is 6.92 Å². The van der Waals surface area contributed by atoms with Crippen LogP contribution in [0.1, 0.15) is 50.7 Å². The van der Waals surface area contributed by atoms with E-state index in [-0.39, 0.29) is 0 Å². The molecule has 0 spiro atoms. The molecular weight excluding hydrogens is 222 g/mol. The van der Waals surface area contributed by atoms with Crippen LogP contribution in [-0.4, -0.2) is 12.6 Å². The van der Waals surface area contributed by atoms with E-state index in [1.165, 1.54) is 17.5 Å². The molecule has 0 aromatic heterocycles. The van der Waals surface area contributed by atoms with Gasteiger partial charge in [-0.05, 0) is 51.2 Å². The van der Waals surface area contributed by atoms with Crippen LogP contribution >= 0.6 is 0 Å². The summed E-state index contributed by atoms with van der Waals surface area (Å²) in [6.07, 6.45) is 5.62. The molecule has 0 amide bonds. The number of hydrogen-bond acceptors (Lipinski definition) is 2. The Morgan fingerprint density at radius 3 is 2.67 bits per heavy atom. The van der Waals surface area contributed by atoms with Gasteiger partial charge in [0, 0.05) is 6.04 Å². The highest BCUT2D eigenvalue weighted by Gasteiger charge is 2.06. The second kappa shape index (κ2) is 8.15. The van der Waals surface area contributed by atoms with Gasteiger partial charge in [0.05, 0.1) is 6.61 Å². The molecule has 0 heterocycles. The molecule has 1 atom stereocenters. The molecule has 0 fully saturated rings. The Bertz CT molecular complexity index is 349. The fourth-order valence-corrected chi connectivity index (χ4v) is 2.27. The zero-order chi connectivity index (χ0) is 13.4. The first kappa shape index (κ1) is 15.0. The molecule has 2 N–H and O–H groups in total. The van der Waals surface area contributed by atoms with Crippen LogP contribution in [-0.2, 0) is 6.42 Å². The molecule has 0 saturated heterocycles. The number of aryl methyl sites for hydroxylation is 2. The quantitative estimate of drug-likeness (QED) is 0.759. The Morgan fingerprint density at radius 1 is 1.22 bits per heavy atom. The average molecular weight is 249 g/mol. The Balaban J connectivity index is 2.52. The molecule has 0 radical (unpaired) electrons. The molecule has 1 rings (SSSR count). The van der Waals surface area contributed by atoms with Crippen molar-refractivity contribution in [2.75, 3.05) is 6.61 Å². The minimum atomic E-state index is 0.357. The molecule has 1 unspecified atom stereocenters. The summed E-state index contributed by atoms with van der Waals surface area (Å²) in [6.45, 7) is 7.07. The average Bonchev–Trinajstić information content (AvgIpc) is 2.33. The minimum absolute atomic E-state index is 0.357. The lowest BCUT2D eigenvalue weighted by atomic mass is 10.0. The van der Waals surface area contributed by atoms with Gasteiger partial charge in [0.2, 0.25) is 0 Å². The van der Waals surface area contributed by atoms with Gasteiger partial charge in [-0.25, -0.2) is 0 Å². The van der Waals surface area contributed by atoms with Gasteiger partial charge in [-0.15, -0.1) is 0 Å². The van der Waals surface area contributed by atoms with Gasteiger partial charge in [-0.1, -0.05) is 31.0 Å². The maximum absolute atomic E-state index is 6.04. The molecule has 0 bridgehead atoms. The second-order valence-corrected chi connectivity index (χ2v) is 4.99. The molecule has 2 heteroatoms. The van der Waals surface area contributed by atoms with E-state index in [2.05, 4.69) is 32.0 Å². The summed E-state index contributed by atoms with van der Waals surface area (Å²) in [4.78, 5) is 0. The molecule has 102 valence electrons. The van der Waals surface area contributed by atoms with Gasteiger partial charge in [-0.3, -0.25) is 0 Å². The van der Waals surface area contributed by atoms with Crippen molar-refractivity contribution in [3.8, 4) is 5.75 Å². The maximum Gasteiger partial charge on any atom is 0.122 e. The predicted molar refractivity (Wildman–Crippen MR) is 78.2 cm³/mol. The molecule has 0 aliphatic carbocycles. The molecule has 1 aromatic carbocycles. The first-order valence-corrected chi connectivity index (χ1v) is 7.15. The van der Waals surface area contributed by atoms with Gasteiger partial charge < -0.3 is 10.5 Å². The van der Waals surface area contributed by atoms with E-state index in [0.29, 0.717) is 6.04 Å². The van der Waals surface area contributed by atoms with Crippen molar-refractivity contribution < 1.29 is 4.74 Å². The third-order valence-electron chi connectivity index (χ3n) is 3.20. The van der Waals surface area contributed by atoms with Crippen molar-refractivity contribution in [1.29, 1.82) is 0 Å². The normalized spacial score (nSPS) is 12.4. The van der Waals surface area contributed by atoms with E-state index in [4.69, 9.17) is 10.5 Å². The van der Waals surface area contributed by atoms with Crippen molar-refractivity contribution >= 4 is 0 Å². The molecule has 0 aliphatic heterocycles. The maximum atomic E-state index is 6.04. The summed E-state index contributed by atoms with van der Waals surface area (Å²) in [7, 11) is 0. The van der Waals surface area contributed by atoms with Gasteiger partial charge >= 0.3 is 0 Å². The van der Waals surface area contributed by atoms with E-state index in [9.17, 15) is 0 Å². The van der Waals surface area contributed by atoms with Gasteiger partial charge in [0.25, 0.3) is 0 Å². The molecule has 2 nitrogen and oxygen atoms in total. The van der Waals surface area contributed by atoms with E-state index < -0.39 is 0 Å². The molecule has 18 heavy (non-hydrogen) atoms. The summed E-state index contributed by atoms with van der Waals surface area (Å²) in [5.41, 5.74) is 8.66. The molecular formula is C16H27NO. The van der Waals surface area contributed by atoms with Gasteiger partial charge in [-0.2, -0.15) is 0 Å². The Morgan fingerprint density at radius 2 is 2.00 bits per heavy atom. The highest BCUT2D eigenvalue weighted by Crippen LogP contribution is 2.22. The highest BCUT2D eigenvalue weighted by atomic mass is 16.5. The Kier molecular flexibility index (Phi) is 6.81. The minimum Gasteiger partial charge on any atom is -0.494 e. The van der Waals surface area contributed by atoms with E-state index >= 15 is 0 Å². The topological polar surface area (TPSA) is 35.2 Å². The summed E-state index contributed by atoms with van der Waals surface area (Å²) >= 11 is 0. The lowest BCUT2D eigenvalue weighted by Crippen LogP contribution is -2.19. The van der Waals surface area contributed by atoms with Crippen molar-refractivity contribution in [3.05, 3.63) is 29.3 Å². The second-order valence-electron chi connectivity index (χ2n) is 4.99. The van der Waals surface area contributed by atoms with Gasteiger partial charge in [0.15, 0.2) is 0 Å². The van der Waals surface area contributed by atoms with E-state index in [1.807, 2.05) is 6.92 Å².